The van der Waals surface area contributed by atoms with Crippen LogP contribution >= 0.6 is 11.3 Å². The highest BCUT2D eigenvalue weighted by Crippen LogP contribution is 2.30. The monoisotopic (exact) mass is 331 g/mol. The van der Waals surface area contributed by atoms with E-state index in [1.165, 1.54) is 23.5 Å². The second kappa shape index (κ2) is 6.12. The summed E-state index contributed by atoms with van der Waals surface area (Å²) in [7, 11) is 0. The van der Waals surface area contributed by atoms with Crippen molar-refractivity contribution < 1.29 is 9.18 Å². The van der Waals surface area contributed by atoms with E-state index in [4.69, 9.17) is 0 Å². The first-order valence-corrected chi connectivity index (χ1v) is 8.30. The molecule has 0 aliphatic heterocycles. The van der Waals surface area contributed by atoms with Crippen molar-refractivity contribution in [1.82, 2.24) is 15.1 Å². The molecular formula is C17H18FN3OS. The Labute approximate surface area is 137 Å². The van der Waals surface area contributed by atoms with Gasteiger partial charge in [0.1, 0.15) is 10.6 Å². The van der Waals surface area contributed by atoms with Crippen molar-refractivity contribution in [3.05, 3.63) is 46.7 Å². The third kappa shape index (κ3) is 3.12. The maximum atomic E-state index is 13.1. The van der Waals surface area contributed by atoms with E-state index >= 15 is 0 Å². The minimum Gasteiger partial charge on any atom is -0.351 e. The number of nitrogens with one attached hydrogen (secondary N) is 1. The number of aryl methyl sites for hydroxylation is 1. The number of nitrogens with zero attached hydrogens (tertiary/aromatic N) is 2. The molecule has 0 aliphatic rings. The number of hydrogen-bond donors (Lipinski definition) is 1. The van der Waals surface area contributed by atoms with Crippen molar-refractivity contribution in [2.45, 2.75) is 20.8 Å². The van der Waals surface area contributed by atoms with Crippen LogP contribution in [0.25, 0.3) is 15.9 Å². The molecule has 0 atom stereocenters. The van der Waals surface area contributed by atoms with E-state index in [2.05, 4.69) is 24.3 Å². The van der Waals surface area contributed by atoms with Crippen LogP contribution in [0.3, 0.4) is 0 Å². The molecule has 0 unspecified atom stereocenters. The summed E-state index contributed by atoms with van der Waals surface area (Å²) in [6.45, 7) is 6.67. The third-order valence-corrected chi connectivity index (χ3v) is 4.62. The van der Waals surface area contributed by atoms with Crippen LogP contribution in [-0.2, 0) is 0 Å². The second-order valence-corrected chi connectivity index (χ2v) is 6.94. The molecule has 2 aromatic heterocycles. The molecule has 0 spiro atoms. The molecule has 0 fully saturated rings. The Bertz CT molecular complexity index is 849. The van der Waals surface area contributed by atoms with Gasteiger partial charge in [0, 0.05) is 11.9 Å². The fourth-order valence-corrected chi connectivity index (χ4v) is 3.40. The van der Waals surface area contributed by atoms with Crippen molar-refractivity contribution >= 4 is 27.5 Å². The van der Waals surface area contributed by atoms with Gasteiger partial charge in [-0.1, -0.05) is 13.8 Å². The van der Waals surface area contributed by atoms with E-state index in [1.54, 1.807) is 16.8 Å². The van der Waals surface area contributed by atoms with E-state index in [0.29, 0.717) is 17.3 Å². The molecule has 23 heavy (non-hydrogen) atoms. The van der Waals surface area contributed by atoms with Gasteiger partial charge in [-0.15, -0.1) is 11.3 Å². The second-order valence-electron chi connectivity index (χ2n) is 5.91. The Hall–Kier alpha value is -2.21. The molecule has 0 aliphatic carbocycles. The van der Waals surface area contributed by atoms with E-state index in [1.807, 2.05) is 13.0 Å². The molecule has 0 saturated heterocycles. The summed E-state index contributed by atoms with van der Waals surface area (Å²) in [5, 5.41) is 8.38. The Morgan fingerprint density at radius 3 is 2.70 bits per heavy atom. The number of halogens is 1. The van der Waals surface area contributed by atoms with Crippen LogP contribution in [0.4, 0.5) is 4.39 Å². The molecule has 0 radical (unpaired) electrons. The number of rotatable bonds is 4. The minimum absolute atomic E-state index is 0.0649. The molecule has 0 saturated carbocycles. The summed E-state index contributed by atoms with van der Waals surface area (Å²) >= 11 is 1.40. The predicted molar refractivity (Wildman–Crippen MR) is 90.8 cm³/mol. The molecule has 1 amide bonds. The first-order valence-electron chi connectivity index (χ1n) is 7.49. The lowest BCUT2D eigenvalue weighted by Gasteiger charge is -2.05. The van der Waals surface area contributed by atoms with Crippen LogP contribution in [0.5, 0.6) is 0 Å². The van der Waals surface area contributed by atoms with E-state index in [0.717, 1.165) is 21.6 Å². The van der Waals surface area contributed by atoms with E-state index in [-0.39, 0.29) is 11.7 Å². The Morgan fingerprint density at radius 2 is 2.04 bits per heavy atom. The van der Waals surface area contributed by atoms with Crippen LogP contribution in [-0.4, -0.2) is 22.2 Å². The zero-order valence-electron chi connectivity index (χ0n) is 13.3. The molecule has 4 nitrogen and oxygen atoms in total. The molecule has 3 rings (SSSR count). The van der Waals surface area contributed by atoms with Gasteiger partial charge in [0.25, 0.3) is 5.91 Å². The average molecular weight is 331 g/mol. The van der Waals surface area contributed by atoms with Crippen molar-refractivity contribution in [1.29, 1.82) is 0 Å². The number of amides is 1. The lowest BCUT2D eigenvalue weighted by atomic mass is 10.2. The molecule has 120 valence electrons. The van der Waals surface area contributed by atoms with Gasteiger partial charge in [-0.05, 0) is 43.2 Å². The fraction of sp³-hybridized carbons (Fsp3) is 0.294. The molecule has 1 N–H and O–H groups in total. The Balaban J connectivity index is 1.98. The van der Waals surface area contributed by atoms with Gasteiger partial charge in [0.05, 0.1) is 16.3 Å². The van der Waals surface area contributed by atoms with Gasteiger partial charge < -0.3 is 5.32 Å². The summed E-state index contributed by atoms with van der Waals surface area (Å²) in [6.07, 6.45) is 0. The number of benzene rings is 1. The quantitative estimate of drug-likeness (QED) is 0.787. The molecular weight excluding hydrogens is 313 g/mol. The first-order chi connectivity index (χ1) is 11.0. The van der Waals surface area contributed by atoms with Crippen molar-refractivity contribution in [2.75, 3.05) is 6.54 Å². The predicted octanol–water partition coefficient (Wildman–Crippen LogP) is 3.92. The summed E-state index contributed by atoms with van der Waals surface area (Å²) in [5.74, 6) is 0.0588. The molecule has 0 bridgehead atoms. The van der Waals surface area contributed by atoms with Gasteiger partial charge in [-0.25, -0.2) is 9.07 Å². The van der Waals surface area contributed by atoms with Crippen molar-refractivity contribution in [3.63, 3.8) is 0 Å². The SMILES string of the molecule is Cc1nn(-c2ccc(F)cc2)c2sc(C(=O)NCC(C)C)cc12. The number of fused-ring (bicyclic) bond motifs is 1. The number of aromatic nitrogens is 2. The summed E-state index contributed by atoms with van der Waals surface area (Å²) in [5.41, 5.74) is 1.63. The third-order valence-electron chi connectivity index (χ3n) is 3.51. The maximum absolute atomic E-state index is 13.1. The van der Waals surface area contributed by atoms with Crippen LogP contribution < -0.4 is 5.32 Å². The van der Waals surface area contributed by atoms with Gasteiger partial charge in [0.15, 0.2) is 0 Å². The highest BCUT2D eigenvalue weighted by molar-refractivity contribution is 7.20. The molecule has 3 aromatic rings. The van der Waals surface area contributed by atoms with Crippen molar-refractivity contribution in [2.24, 2.45) is 5.92 Å². The maximum Gasteiger partial charge on any atom is 0.261 e. The van der Waals surface area contributed by atoms with Gasteiger partial charge >= 0.3 is 0 Å². The number of carbonyl (C=O) groups is 1. The van der Waals surface area contributed by atoms with Gasteiger partial charge in [-0.2, -0.15) is 5.10 Å². The lowest BCUT2D eigenvalue weighted by molar-refractivity contribution is 0.0953. The van der Waals surface area contributed by atoms with E-state index < -0.39 is 0 Å². The molecule has 6 heteroatoms. The topological polar surface area (TPSA) is 46.9 Å². The van der Waals surface area contributed by atoms with E-state index in [9.17, 15) is 9.18 Å². The Morgan fingerprint density at radius 1 is 1.35 bits per heavy atom. The minimum atomic E-state index is -0.284. The first kappa shape index (κ1) is 15.7. The fourth-order valence-electron chi connectivity index (χ4n) is 2.30. The van der Waals surface area contributed by atoms with Gasteiger partial charge in [0.2, 0.25) is 0 Å². The average Bonchev–Trinajstić information content (AvgIpc) is 3.07. The normalized spacial score (nSPS) is 11.3. The molecule has 1 aromatic carbocycles. The number of carbonyl (C=O) groups excluding carboxylic acids is 1. The standard InChI is InChI=1S/C17H18FN3OS/c1-10(2)9-19-16(22)15-8-14-11(3)20-21(17(14)23-15)13-6-4-12(18)5-7-13/h4-8,10H,9H2,1-3H3,(H,19,22). The van der Waals surface area contributed by atoms with Crippen LogP contribution in [0, 0.1) is 18.7 Å². The van der Waals surface area contributed by atoms with Crippen LogP contribution in [0.15, 0.2) is 30.3 Å². The van der Waals surface area contributed by atoms with Crippen LogP contribution in [0.2, 0.25) is 0 Å². The zero-order chi connectivity index (χ0) is 16.6. The van der Waals surface area contributed by atoms with Gasteiger partial charge in [-0.3, -0.25) is 4.79 Å². The zero-order valence-corrected chi connectivity index (χ0v) is 14.1. The summed E-state index contributed by atoms with van der Waals surface area (Å²) in [6, 6.07) is 8.04. The molecule has 2 heterocycles. The summed E-state index contributed by atoms with van der Waals surface area (Å²) < 4.78 is 14.9. The Kier molecular flexibility index (Phi) is 4.17. The van der Waals surface area contributed by atoms with Crippen molar-refractivity contribution in [3.8, 4) is 5.69 Å². The number of hydrogen-bond acceptors (Lipinski definition) is 3. The highest BCUT2D eigenvalue weighted by atomic mass is 32.1. The smallest absolute Gasteiger partial charge is 0.261 e. The van der Waals surface area contributed by atoms with Crippen LogP contribution in [0.1, 0.15) is 29.2 Å². The lowest BCUT2D eigenvalue weighted by Crippen LogP contribution is -2.26. The highest BCUT2D eigenvalue weighted by Gasteiger charge is 2.17. The summed E-state index contributed by atoms with van der Waals surface area (Å²) in [4.78, 5) is 13.8. The number of thiophene rings is 1. The largest absolute Gasteiger partial charge is 0.351 e.